The van der Waals surface area contributed by atoms with Gasteiger partial charge in [0, 0.05) is 34.8 Å². The van der Waals surface area contributed by atoms with Gasteiger partial charge in [-0.1, -0.05) is 42.6 Å². The Morgan fingerprint density at radius 2 is 1.60 bits per heavy atom. The Labute approximate surface area is 261 Å². The van der Waals surface area contributed by atoms with Crippen LogP contribution in [0.25, 0.3) is 0 Å². The molecule has 232 valence electrons. The highest BCUT2D eigenvalue weighted by atomic mass is 35.5. The monoisotopic (exact) mass is 653 g/mol. The second-order valence-electron chi connectivity index (χ2n) is 9.55. The lowest BCUT2D eigenvalue weighted by Gasteiger charge is -2.32. The van der Waals surface area contributed by atoms with Crippen LogP contribution in [0.3, 0.4) is 0 Å². The Hall–Kier alpha value is -3.54. The van der Waals surface area contributed by atoms with Crippen molar-refractivity contribution in [3.8, 4) is 11.5 Å². The van der Waals surface area contributed by atoms with E-state index in [4.69, 9.17) is 32.7 Å². The van der Waals surface area contributed by atoms with E-state index in [0.717, 1.165) is 29.3 Å². The number of hydrogen-bond acceptors (Lipinski definition) is 6. The number of sulfonamides is 1. The Kier molecular flexibility index (Phi) is 12.1. The fourth-order valence-electron chi connectivity index (χ4n) is 4.21. The number of nitrogens with one attached hydrogen (secondary N) is 1. The number of anilines is 1. The van der Waals surface area contributed by atoms with Gasteiger partial charge in [-0.05, 0) is 61.9 Å². The largest absolute Gasteiger partial charge is 0.493 e. The first-order valence-electron chi connectivity index (χ1n) is 13.4. The van der Waals surface area contributed by atoms with E-state index in [-0.39, 0.29) is 32.9 Å². The first-order valence-corrected chi connectivity index (χ1v) is 15.6. The Bertz CT molecular complexity index is 1520. The predicted octanol–water partition coefficient (Wildman–Crippen LogP) is 5.68. The van der Waals surface area contributed by atoms with Gasteiger partial charge in [0.2, 0.25) is 11.8 Å². The van der Waals surface area contributed by atoms with Crippen LogP contribution in [0.2, 0.25) is 10.0 Å². The molecule has 0 aliphatic heterocycles. The molecule has 13 heteroatoms. The van der Waals surface area contributed by atoms with E-state index in [1.165, 1.54) is 56.4 Å². The molecule has 0 fully saturated rings. The van der Waals surface area contributed by atoms with E-state index in [1.807, 2.05) is 6.92 Å². The molecule has 0 aromatic heterocycles. The molecule has 1 unspecified atom stereocenters. The third-order valence-corrected chi connectivity index (χ3v) is 9.20. The SMILES string of the molecule is CCCCNC(=O)C(C)N(Cc1c(Cl)cccc1Cl)C(=O)CN(c1ccc(F)cc1)S(=O)(=O)c1ccc(OC)c(OC)c1. The quantitative estimate of drug-likeness (QED) is 0.225. The number of carbonyl (C=O) groups is 2. The van der Waals surface area contributed by atoms with Crippen LogP contribution in [0.1, 0.15) is 32.3 Å². The molecule has 1 N–H and O–H groups in total. The molecule has 0 radical (unpaired) electrons. The van der Waals surface area contributed by atoms with Gasteiger partial charge in [0.1, 0.15) is 18.4 Å². The maximum atomic E-state index is 14.0. The first-order chi connectivity index (χ1) is 20.4. The van der Waals surface area contributed by atoms with Crippen molar-refractivity contribution in [2.45, 2.75) is 44.2 Å². The minimum absolute atomic E-state index is 0.0281. The van der Waals surface area contributed by atoms with Crippen molar-refractivity contribution < 1.29 is 31.9 Å². The molecule has 1 atom stereocenters. The molecule has 0 heterocycles. The second kappa shape index (κ2) is 15.3. The lowest BCUT2D eigenvalue weighted by molar-refractivity contribution is -0.139. The van der Waals surface area contributed by atoms with Crippen molar-refractivity contribution in [3.63, 3.8) is 0 Å². The molecule has 3 aromatic carbocycles. The number of hydrogen-bond donors (Lipinski definition) is 1. The standard InChI is InChI=1S/C30H34Cl2FN3O6S/c1-5-6-16-34-30(38)20(2)35(18-24-25(31)8-7-9-26(24)32)29(37)19-36(22-12-10-21(33)11-13-22)43(39,40)23-14-15-27(41-3)28(17-23)42-4/h7-15,17,20H,5-6,16,18-19H2,1-4H3,(H,34,38). The van der Waals surface area contributed by atoms with Gasteiger partial charge in [0.15, 0.2) is 11.5 Å². The number of methoxy groups -OCH3 is 2. The summed E-state index contributed by atoms with van der Waals surface area (Å²) in [6, 6.07) is 12.5. The average molecular weight is 655 g/mol. The number of carbonyl (C=O) groups excluding carboxylic acids is 2. The molecule has 0 bridgehead atoms. The van der Waals surface area contributed by atoms with E-state index < -0.39 is 40.2 Å². The molecule has 43 heavy (non-hydrogen) atoms. The number of halogens is 3. The van der Waals surface area contributed by atoms with Gasteiger partial charge in [-0.2, -0.15) is 0 Å². The van der Waals surface area contributed by atoms with Gasteiger partial charge in [-0.15, -0.1) is 0 Å². The fourth-order valence-corrected chi connectivity index (χ4v) is 6.16. The normalized spacial score (nSPS) is 11.9. The summed E-state index contributed by atoms with van der Waals surface area (Å²) in [4.78, 5) is 28.1. The van der Waals surface area contributed by atoms with Crippen LogP contribution in [0.15, 0.2) is 65.6 Å². The summed E-state index contributed by atoms with van der Waals surface area (Å²) in [6.07, 6.45) is 1.60. The summed E-state index contributed by atoms with van der Waals surface area (Å²) in [7, 11) is -1.66. The zero-order valence-corrected chi connectivity index (χ0v) is 26.6. The summed E-state index contributed by atoms with van der Waals surface area (Å²) in [5.41, 5.74) is 0.420. The third kappa shape index (κ3) is 8.31. The first kappa shape index (κ1) is 34.0. The molecular formula is C30H34Cl2FN3O6S. The van der Waals surface area contributed by atoms with Crippen molar-refractivity contribution in [2.75, 3.05) is 31.6 Å². The molecule has 0 aliphatic rings. The smallest absolute Gasteiger partial charge is 0.264 e. The van der Waals surface area contributed by atoms with E-state index >= 15 is 0 Å². The number of benzene rings is 3. The van der Waals surface area contributed by atoms with Crippen molar-refractivity contribution in [1.82, 2.24) is 10.2 Å². The van der Waals surface area contributed by atoms with Gasteiger partial charge >= 0.3 is 0 Å². The van der Waals surface area contributed by atoms with Crippen LogP contribution in [-0.4, -0.2) is 58.5 Å². The zero-order chi connectivity index (χ0) is 31.7. The van der Waals surface area contributed by atoms with Crippen LogP contribution >= 0.6 is 23.2 Å². The van der Waals surface area contributed by atoms with Gasteiger partial charge < -0.3 is 19.7 Å². The van der Waals surface area contributed by atoms with Gasteiger partial charge in [-0.3, -0.25) is 13.9 Å². The van der Waals surface area contributed by atoms with Crippen molar-refractivity contribution in [3.05, 3.63) is 82.1 Å². The molecule has 9 nitrogen and oxygen atoms in total. The van der Waals surface area contributed by atoms with Crippen molar-refractivity contribution in [1.29, 1.82) is 0 Å². The van der Waals surface area contributed by atoms with Crippen LogP contribution in [0, 0.1) is 5.82 Å². The molecule has 0 saturated carbocycles. The second-order valence-corrected chi connectivity index (χ2v) is 12.2. The maximum absolute atomic E-state index is 14.0. The lowest BCUT2D eigenvalue weighted by atomic mass is 10.1. The summed E-state index contributed by atoms with van der Waals surface area (Å²) in [5, 5.41) is 3.36. The third-order valence-electron chi connectivity index (χ3n) is 6.72. The molecule has 0 aliphatic carbocycles. The average Bonchev–Trinajstić information content (AvgIpc) is 2.99. The Morgan fingerprint density at radius 1 is 0.977 bits per heavy atom. The van der Waals surface area contributed by atoms with Gasteiger partial charge in [0.25, 0.3) is 10.0 Å². The summed E-state index contributed by atoms with van der Waals surface area (Å²) >= 11 is 12.8. The summed E-state index contributed by atoms with van der Waals surface area (Å²) in [5.74, 6) is -1.28. The molecular weight excluding hydrogens is 620 g/mol. The molecule has 0 saturated heterocycles. The maximum Gasteiger partial charge on any atom is 0.264 e. The van der Waals surface area contributed by atoms with Gasteiger partial charge in [-0.25, -0.2) is 12.8 Å². The highest BCUT2D eigenvalue weighted by molar-refractivity contribution is 7.92. The van der Waals surface area contributed by atoms with Crippen LogP contribution in [0.4, 0.5) is 10.1 Å². The molecule has 3 aromatic rings. The van der Waals surface area contributed by atoms with Crippen molar-refractivity contribution in [2.24, 2.45) is 0 Å². The highest BCUT2D eigenvalue weighted by Gasteiger charge is 2.33. The Morgan fingerprint density at radius 3 is 2.19 bits per heavy atom. The Balaban J connectivity index is 2.08. The van der Waals surface area contributed by atoms with E-state index in [1.54, 1.807) is 18.2 Å². The number of amides is 2. The minimum atomic E-state index is -4.43. The molecule has 3 rings (SSSR count). The number of unbranched alkanes of at least 4 members (excludes halogenated alkanes) is 1. The minimum Gasteiger partial charge on any atom is -0.493 e. The summed E-state index contributed by atoms with van der Waals surface area (Å²) < 4.78 is 53.2. The van der Waals surface area contributed by atoms with Crippen LogP contribution < -0.4 is 19.1 Å². The van der Waals surface area contributed by atoms with Crippen LogP contribution in [-0.2, 0) is 26.2 Å². The number of nitrogens with zero attached hydrogens (tertiary/aromatic N) is 2. The van der Waals surface area contributed by atoms with E-state index in [2.05, 4.69) is 5.32 Å². The fraction of sp³-hybridized carbons (Fsp3) is 0.333. The predicted molar refractivity (Wildman–Crippen MR) is 165 cm³/mol. The number of rotatable bonds is 14. The van der Waals surface area contributed by atoms with Crippen LogP contribution in [0.5, 0.6) is 11.5 Å². The lowest BCUT2D eigenvalue weighted by Crippen LogP contribution is -2.51. The molecule has 2 amide bonds. The number of ether oxygens (including phenoxy) is 2. The van der Waals surface area contributed by atoms with Crippen molar-refractivity contribution >= 4 is 50.7 Å². The zero-order valence-electron chi connectivity index (χ0n) is 24.3. The summed E-state index contributed by atoms with van der Waals surface area (Å²) in [6.45, 7) is 3.02. The van der Waals surface area contributed by atoms with Gasteiger partial charge in [0.05, 0.1) is 24.8 Å². The highest BCUT2D eigenvalue weighted by Crippen LogP contribution is 2.33. The van der Waals surface area contributed by atoms with E-state index in [0.29, 0.717) is 17.9 Å². The topological polar surface area (TPSA) is 105 Å². The molecule has 0 spiro atoms. The van der Waals surface area contributed by atoms with E-state index in [9.17, 15) is 22.4 Å².